The van der Waals surface area contributed by atoms with Crippen molar-refractivity contribution in [1.29, 1.82) is 0 Å². The van der Waals surface area contributed by atoms with Crippen LogP contribution in [0, 0.1) is 12.7 Å². The lowest BCUT2D eigenvalue weighted by molar-refractivity contribution is 0.0902. The van der Waals surface area contributed by atoms with Gasteiger partial charge in [0, 0.05) is 29.0 Å². The van der Waals surface area contributed by atoms with Gasteiger partial charge in [0.15, 0.2) is 0 Å². The van der Waals surface area contributed by atoms with Crippen molar-refractivity contribution in [3.05, 3.63) is 64.6 Å². The number of aromatic nitrogens is 4. The third-order valence-electron chi connectivity index (χ3n) is 6.26. The van der Waals surface area contributed by atoms with E-state index in [-0.39, 0.29) is 16.3 Å². The fourth-order valence-corrected chi connectivity index (χ4v) is 4.57. The van der Waals surface area contributed by atoms with Crippen molar-refractivity contribution in [3.8, 4) is 5.82 Å². The van der Waals surface area contributed by atoms with Crippen molar-refractivity contribution in [2.45, 2.75) is 70.6 Å². The number of halogens is 3. The molecule has 1 amide bonds. The van der Waals surface area contributed by atoms with Crippen LogP contribution >= 0.6 is 11.6 Å². The van der Waals surface area contributed by atoms with Crippen LogP contribution in [0.5, 0.6) is 0 Å². The highest BCUT2D eigenvalue weighted by atomic mass is 35.5. The molecule has 1 fully saturated rings. The molecule has 1 aliphatic rings. The molecule has 0 spiro atoms. The van der Waals surface area contributed by atoms with Gasteiger partial charge in [-0.25, -0.2) is 18.7 Å². The number of rotatable bonds is 8. The van der Waals surface area contributed by atoms with Crippen LogP contribution in [-0.4, -0.2) is 37.5 Å². The van der Waals surface area contributed by atoms with Gasteiger partial charge < -0.3 is 10.6 Å². The van der Waals surface area contributed by atoms with Crippen molar-refractivity contribution < 1.29 is 13.6 Å². The molecular weight excluding hydrogens is 474 g/mol. The zero-order chi connectivity index (χ0) is 24.9. The quantitative estimate of drug-likeness (QED) is 0.411. The normalized spacial score (nSPS) is 16.0. The fourth-order valence-electron chi connectivity index (χ4n) is 4.34. The maximum absolute atomic E-state index is 15.1. The number of hydrogen-bond donors (Lipinski definition) is 2. The van der Waals surface area contributed by atoms with E-state index < -0.39 is 23.9 Å². The van der Waals surface area contributed by atoms with Crippen LogP contribution in [0.2, 0.25) is 5.02 Å². The summed E-state index contributed by atoms with van der Waals surface area (Å²) in [4.78, 5) is 26.1. The molecule has 1 aromatic carbocycles. The van der Waals surface area contributed by atoms with Crippen molar-refractivity contribution in [2.75, 3.05) is 5.32 Å². The number of anilines is 1. The summed E-state index contributed by atoms with van der Waals surface area (Å²) < 4.78 is 30.4. The number of imidazole rings is 1. The highest BCUT2D eigenvalue weighted by molar-refractivity contribution is 6.30. The number of carbonyl (C=O) groups is 1. The summed E-state index contributed by atoms with van der Waals surface area (Å²) in [6.45, 7) is 3.62. The summed E-state index contributed by atoms with van der Waals surface area (Å²) >= 11 is 5.86. The second-order valence-corrected chi connectivity index (χ2v) is 9.37. The Morgan fingerprint density at radius 3 is 2.71 bits per heavy atom. The molecule has 7 nitrogen and oxygen atoms in total. The number of amides is 1. The van der Waals surface area contributed by atoms with Gasteiger partial charge in [-0.2, -0.15) is 4.98 Å². The van der Waals surface area contributed by atoms with Crippen LogP contribution in [0.25, 0.3) is 5.82 Å². The van der Waals surface area contributed by atoms with Gasteiger partial charge in [-0.15, -0.1) is 0 Å². The van der Waals surface area contributed by atoms with E-state index in [0.29, 0.717) is 24.2 Å². The third-order valence-corrected chi connectivity index (χ3v) is 6.47. The van der Waals surface area contributed by atoms with Gasteiger partial charge in [0.2, 0.25) is 5.95 Å². The first-order valence-corrected chi connectivity index (χ1v) is 12.3. The zero-order valence-corrected chi connectivity index (χ0v) is 20.5. The molecule has 2 N–H and O–H groups in total. The van der Waals surface area contributed by atoms with Crippen LogP contribution in [0.4, 0.5) is 14.7 Å². The van der Waals surface area contributed by atoms with E-state index in [0.717, 1.165) is 30.5 Å². The molecule has 35 heavy (non-hydrogen) atoms. The maximum Gasteiger partial charge on any atom is 0.271 e. The second kappa shape index (κ2) is 11.1. The van der Waals surface area contributed by atoms with Crippen molar-refractivity contribution in [3.63, 3.8) is 0 Å². The maximum atomic E-state index is 15.1. The summed E-state index contributed by atoms with van der Waals surface area (Å²) in [5, 5.41) is 6.17. The van der Waals surface area contributed by atoms with E-state index in [1.54, 1.807) is 23.9 Å². The molecule has 0 aliphatic heterocycles. The zero-order valence-electron chi connectivity index (χ0n) is 19.8. The summed E-state index contributed by atoms with van der Waals surface area (Å²) in [5.41, 5.74) is 1.01. The monoisotopic (exact) mass is 502 g/mol. The minimum Gasteiger partial charge on any atom is -0.351 e. The average Bonchev–Trinajstić information content (AvgIpc) is 3.33. The predicted octanol–water partition coefficient (Wildman–Crippen LogP) is 5.73. The summed E-state index contributed by atoms with van der Waals surface area (Å²) in [6.07, 6.45) is 9.29. The molecule has 186 valence electrons. The van der Waals surface area contributed by atoms with Crippen molar-refractivity contribution >= 4 is 23.5 Å². The average molecular weight is 503 g/mol. The minimum atomic E-state index is -1.63. The Morgan fingerprint density at radius 1 is 1.23 bits per heavy atom. The summed E-state index contributed by atoms with van der Waals surface area (Å²) in [6, 6.07) is 3.02. The predicted molar refractivity (Wildman–Crippen MR) is 131 cm³/mol. The Balaban J connectivity index is 1.47. The van der Waals surface area contributed by atoms with Gasteiger partial charge in [0.25, 0.3) is 5.91 Å². The number of alkyl halides is 1. The smallest absolute Gasteiger partial charge is 0.271 e. The molecule has 0 bridgehead atoms. The molecule has 2 atom stereocenters. The lowest BCUT2D eigenvalue weighted by Crippen LogP contribution is -2.37. The van der Waals surface area contributed by atoms with Gasteiger partial charge in [-0.3, -0.25) is 9.36 Å². The topological polar surface area (TPSA) is 84.7 Å². The lowest BCUT2D eigenvalue weighted by Gasteiger charge is -2.23. The van der Waals surface area contributed by atoms with Gasteiger partial charge in [0.05, 0.1) is 6.04 Å². The van der Waals surface area contributed by atoms with E-state index in [1.807, 2.05) is 6.92 Å². The Kier molecular flexibility index (Phi) is 7.95. The Hall–Kier alpha value is -3.07. The molecule has 2 aromatic heterocycles. The highest BCUT2D eigenvalue weighted by Gasteiger charge is 2.25. The molecule has 0 radical (unpaired) electrons. The van der Waals surface area contributed by atoms with E-state index in [1.165, 1.54) is 31.7 Å². The third kappa shape index (κ3) is 6.14. The SMILES string of the molecule is CC[C@@H](NC(=O)c1cn(-c2nc(NC3CCCCC3)ncc2C)cn1)C(F)c1cc(F)cc(Cl)c1. The van der Waals surface area contributed by atoms with Crippen LogP contribution in [0.1, 0.15) is 73.2 Å². The summed E-state index contributed by atoms with van der Waals surface area (Å²) in [5.74, 6) is -0.0207. The van der Waals surface area contributed by atoms with E-state index in [9.17, 15) is 9.18 Å². The fraction of sp³-hybridized carbons (Fsp3) is 0.440. The van der Waals surface area contributed by atoms with Crippen LogP contribution in [-0.2, 0) is 0 Å². The van der Waals surface area contributed by atoms with E-state index >= 15 is 4.39 Å². The minimum absolute atomic E-state index is 0.0716. The number of nitrogens with zero attached hydrogens (tertiary/aromatic N) is 4. The van der Waals surface area contributed by atoms with Crippen LogP contribution in [0.15, 0.2) is 36.9 Å². The second-order valence-electron chi connectivity index (χ2n) is 8.94. The highest BCUT2D eigenvalue weighted by Crippen LogP contribution is 2.27. The number of carbonyl (C=O) groups excluding carboxylic acids is 1. The van der Waals surface area contributed by atoms with Gasteiger partial charge in [-0.05, 0) is 49.9 Å². The Labute approximate surface area is 208 Å². The van der Waals surface area contributed by atoms with E-state index in [4.69, 9.17) is 11.6 Å². The molecule has 0 saturated heterocycles. The van der Waals surface area contributed by atoms with Crippen LogP contribution < -0.4 is 10.6 Å². The standard InChI is InChI=1S/C25H29ClF2N6O/c1-3-20(22(28)16-9-17(26)11-18(27)10-16)32-24(35)21-13-34(14-30-21)23-15(2)12-29-25(33-23)31-19-7-5-4-6-8-19/h9-14,19-20,22H,3-8H2,1-2H3,(H,32,35)(H,29,31,33)/t20-,22?/m1/s1. The molecule has 4 rings (SSSR count). The van der Waals surface area contributed by atoms with Gasteiger partial charge in [-0.1, -0.05) is 37.8 Å². The Bertz CT molecular complexity index is 1160. The summed E-state index contributed by atoms with van der Waals surface area (Å²) in [7, 11) is 0. The largest absolute Gasteiger partial charge is 0.351 e. The number of nitrogens with one attached hydrogen (secondary N) is 2. The first kappa shape index (κ1) is 25.0. The molecule has 2 heterocycles. The van der Waals surface area contributed by atoms with Crippen LogP contribution in [0.3, 0.4) is 0 Å². The van der Waals surface area contributed by atoms with Crippen molar-refractivity contribution in [2.24, 2.45) is 0 Å². The number of benzene rings is 1. The molecule has 1 saturated carbocycles. The molecular formula is C25H29ClF2N6O. The molecule has 3 aromatic rings. The molecule has 1 aliphatic carbocycles. The van der Waals surface area contributed by atoms with Gasteiger partial charge in [0.1, 0.15) is 29.8 Å². The number of aryl methyl sites for hydroxylation is 1. The van der Waals surface area contributed by atoms with Crippen molar-refractivity contribution in [1.82, 2.24) is 24.8 Å². The lowest BCUT2D eigenvalue weighted by atomic mass is 9.96. The molecule has 1 unspecified atom stereocenters. The molecule has 10 heteroatoms. The first-order chi connectivity index (χ1) is 16.8. The first-order valence-electron chi connectivity index (χ1n) is 11.9. The number of hydrogen-bond acceptors (Lipinski definition) is 5. The Morgan fingerprint density at radius 2 is 2.00 bits per heavy atom. The van der Waals surface area contributed by atoms with E-state index in [2.05, 4.69) is 25.6 Å². The van der Waals surface area contributed by atoms with Gasteiger partial charge >= 0.3 is 0 Å².